The molecule has 0 heterocycles. The molecule has 1 unspecified atom stereocenters. The summed E-state index contributed by atoms with van der Waals surface area (Å²) >= 11 is 0. The molecule has 0 saturated carbocycles. The molecule has 0 spiro atoms. The summed E-state index contributed by atoms with van der Waals surface area (Å²) in [6.45, 7) is 7.91. The predicted octanol–water partition coefficient (Wildman–Crippen LogP) is 2.31. The van der Waals surface area contributed by atoms with Gasteiger partial charge in [-0.3, -0.25) is 9.69 Å². The Morgan fingerprint density at radius 1 is 1.20 bits per heavy atom. The van der Waals surface area contributed by atoms with Gasteiger partial charge in [0.05, 0.1) is 6.54 Å². The van der Waals surface area contributed by atoms with E-state index in [1.54, 1.807) is 0 Å². The molecule has 0 bridgehead atoms. The Bertz CT molecular complexity index is 458. The highest BCUT2D eigenvalue weighted by Gasteiger charge is 2.18. The molecule has 0 aliphatic carbocycles. The first-order valence-electron chi connectivity index (χ1n) is 6.99. The fourth-order valence-electron chi connectivity index (χ4n) is 2.15. The van der Waals surface area contributed by atoms with E-state index in [1.165, 1.54) is 16.7 Å². The van der Waals surface area contributed by atoms with Crippen LogP contribution in [0.15, 0.2) is 18.2 Å². The first-order valence-corrected chi connectivity index (χ1v) is 6.99. The smallest absolute Gasteiger partial charge is 0.317 e. The number of carboxylic acids is 1. The number of aliphatic carboxylic acids is 1. The third-order valence-corrected chi connectivity index (χ3v) is 3.73. The van der Waals surface area contributed by atoms with Crippen LogP contribution in [0, 0.1) is 13.8 Å². The molecule has 0 saturated heterocycles. The maximum Gasteiger partial charge on any atom is 0.317 e. The van der Waals surface area contributed by atoms with Gasteiger partial charge in [0.1, 0.15) is 0 Å². The van der Waals surface area contributed by atoms with Crippen LogP contribution in [0.25, 0.3) is 0 Å². The lowest BCUT2D eigenvalue weighted by atomic mass is 10.0. The van der Waals surface area contributed by atoms with E-state index in [0.29, 0.717) is 0 Å². The van der Waals surface area contributed by atoms with Gasteiger partial charge < -0.3 is 10.0 Å². The average molecular weight is 278 g/mol. The zero-order valence-electron chi connectivity index (χ0n) is 13.2. The van der Waals surface area contributed by atoms with Gasteiger partial charge in [-0.25, -0.2) is 0 Å². The molecule has 4 heteroatoms. The second-order valence-electron chi connectivity index (χ2n) is 5.69. The number of likely N-dealkylation sites (N-methyl/N-ethyl adjacent to an activating group) is 1. The highest BCUT2D eigenvalue weighted by Crippen LogP contribution is 2.22. The van der Waals surface area contributed by atoms with E-state index < -0.39 is 5.97 Å². The second-order valence-corrected chi connectivity index (χ2v) is 5.69. The van der Waals surface area contributed by atoms with Crippen LogP contribution in [-0.4, -0.2) is 54.6 Å². The average Bonchev–Trinajstić information content (AvgIpc) is 2.36. The first-order chi connectivity index (χ1) is 9.31. The summed E-state index contributed by atoms with van der Waals surface area (Å²) in [5.74, 6) is -0.778. The fraction of sp³-hybridized carbons (Fsp3) is 0.562. The Hall–Kier alpha value is -1.39. The molecular weight excluding hydrogens is 252 g/mol. The van der Waals surface area contributed by atoms with Crippen LogP contribution in [0.1, 0.15) is 29.7 Å². The van der Waals surface area contributed by atoms with Crippen molar-refractivity contribution in [2.24, 2.45) is 0 Å². The van der Waals surface area contributed by atoms with Gasteiger partial charge in [-0.1, -0.05) is 18.2 Å². The zero-order valence-corrected chi connectivity index (χ0v) is 13.2. The maximum atomic E-state index is 11.1. The lowest BCUT2D eigenvalue weighted by molar-refractivity contribution is -0.138. The molecule has 0 fully saturated rings. The number of nitrogens with zero attached hydrogens (tertiary/aromatic N) is 2. The summed E-state index contributed by atoms with van der Waals surface area (Å²) in [5.41, 5.74) is 3.68. The highest BCUT2D eigenvalue weighted by atomic mass is 16.4. The molecule has 0 amide bonds. The minimum atomic E-state index is -0.778. The van der Waals surface area contributed by atoms with Crippen molar-refractivity contribution < 1.29 is 9.90 Å². The van der Waals surface area contributed by atoms with Crippen LogP contribution in [0.2, 0.25) is 0 Å². The Kier molecular flexibility index (Phi) is 6.17. The SMILES string of the molecule is Cc1ccc(C(C)N(CCN(C)C)CC(=O)O)cc1C. The van der Waals surface area contributed by atoms with E-state index in [0.717, 1.165) is 13.1 Å². The minimum Gasteiger partial charge on any atom is -0.480 e. The van der Waals surface area contributed by atoms with E-state index in [4.69, 9.17) is 5.11 Å². The van der Waals surface area contributed by atoms with Crippen LogP contribution in [0.3, 0.4) is 0 Å². The van der Waals surface area contributed by atoms with Crippen LogP contribution < -0.4 is 0 Å². The first kappa shape index (κ1) is 16.7. The van der Waals surface area contributed by atoms with Crippen molar-refractivity contribution in [2.45, 2.75) is 26.8 Å². The van der Waals surface area contributed by atoms with Crippen molar-refractivity contribution in [3.8, 4) is 0 Å². The molecule has 1 aromatic carbocycles. The van der Waals surface area contributed by atoms with Gasteiger partial charge >= 0.3 is 5.97 Å². The minimum absolute atomic E-state index is 0.0714. The van der Waals surface area contributed by atoms with E-state index in [1.807, 2.05) is 19.0 Å². The number of rotatable bonds is 7. The number of aryl methyl sites for hydroxylation is 2. The molecule has 1 atom stereocenters. The van der Waals surface area contributed by atoms with Crippen LogP contribution in [0.5, 0.6) is 0 Å². The largest absolute Gasteiger partial charge is 0.480 e. The zero-order chi connectivity index (χ0) is 15.3. The van der Waals surface area contributed by atoms with E-state index >= 15 is 0 Å². The molecule has 4 nitrogen and oxygen atoms in total. The van der Waals surface area contributed by atoms with Gasteiger partial charge in [0, 0.05) is 19.1 Å². The number of benzene rings is 1. The van der Waals surface area contributed by atoms with Gasteiger partial charge in [0.2, 0.25) is 0 Å². The second kappa shape index (κ2) is 7.41. The van der Waals surface area contributed by atoms with E-state index in [-0.39, 0.29) is 12.6 Å². The highest BCUT2D eigenvalue weighted by molar-refractivity contribution is 5.69. The Morgan fingerprint density at radius 3 is 2.35 bits per heavy atom. The van der Waals surface area contributed by atoms with Gasteiger partial charge in [0.15, 0.2) is 0 Å². The lowest BCUT2D eigenvalue weighted by Crippen LogP contribution is -2.37. The summed E-state index contributed by atoms with van der Waals surface area (Å²) in [7, 11) is 4.00. The number of carboxylic acid groups (broad SMARTS) is 1. The Labute approximate surface area is 122 Å². The molecule has 0 aliphatic rings. The topological polar surface area (TPSA) is 43.8 Å². The molecule has 1 N–H and O–H groups in total. The predicted molar refractivity (Wildman–Crippen MR) is 82.1 cm³/mol. The molecule has 1 aromatic rings. The van der Waals surface area contributed by atoms with Crippen LogP contribution >= 0.6 is 0 Å². The van der Waals surface area contributed by atoms with E-state index in [2.05, 4.69) is 43.9 Å². The monoisotopic (exact) mass is 278 g/mol. The summed E-state index contributed by atoms with van der Waals surface area (Å²) in [6.07, 6.45) is 0. The fourth-order valence-corrected chi connectivity index (χ4v) is 2.15. The molecular formula is C16H26N2O2. The lowest BCUT2D eigenvalue weighted by Gasteiger charge is -2.29. The van der Waals surface area contributed by atoms with Crippen molar-refractivity contribution in [3.63, 3.8) is 0 Å². The quantitative estimate of drug-likeness (QED) is 0.831. The van der Waals surface area contributed by atoms with Crippen molar-refractivity contribution in [3.05, 3.63) is 34.9 Å². The van der Waals surface area contributed by atoms with Crippen molar-refractivity contribution >= 4 is 5.97 Å². The third-order valence-electron chi connectivity index (χ3n) is 3.73. The molecule has 20 heavy (non-hydrogen) atoms. The van der Waals surface area contributed by atoms with Crippen molar-refractivity contribution in [1.29, 1.82) is 0 Å². The normalized spacial score (nSPS) is 12.9. The van der Waals surface area contributed by atoms with Crippen molar-refractivity contribution in [2.75, 3.05) is 33.7 Å². The third kappa shape index (κ3) is 4.94. The van der Waals surface area contributed by atoms with Gasteiger partial charge in [-0.15, -0.1) is 0 Å². The summed E-state index contributed by atoms with van der Waals surface area (Å²) in [5, 5.41) is 9.09. The van der Waals surface area contributed by atoms with Crippen LogP contribution in [-0.2, 0) is 4.79 Å². The molecule has 0 aliphatic heterocycles. The van der Waals surface area contributed by atoms with Gasteiger partial charge in [-0.05, 0) is 51.6 Å². The van der Waals surface area contributed by atoms with E-state index in [9.17, 15) is 4.79 Å². The Morgan fingerprint density at radius 2 is 1.85 bits per heavy atom. The number of carbonyl (C=O) groups is 1. The van der Waals surface area contributed by atoms with Gasteiger partial charge in [0.25, 0.3) is 0 Å². The number of hydrogen-bond donors (Lipinski definition) is 1. The molecule has 1 rings (SSSR count). The summed E-state index contributed by atoms with van der Waals surface area (Å²) in [6, 6.07) is 6.46. The van der Waals surface area contributed by atoms with Gasteiger partial charge in [-0.2, -0.15) is 0 Å². The molecule has 0 aromatic heterocycles. The molecule has 0 radical (unpaired) electrons. The summed E-state index contributed by atoms with van der Waals surface area (Å²) in [4.78, 5) is 15.1. The Balaban J connectivity index is 2.87. The molecule has 112 valence electrons. The number of hydrogen-bond acceptors (Lipinski definition) is 3. The van der Waals surface area contributed by atoms with Crippen molar-refractivity contribution in [1.82, 2.24) is 9.80 Å². The van der Waals surface area contributed by atoms with Crippen LogP contribution in [0.4, 0.5) is 0 Å². The standard InChI is InChI=1S/C16H26N2O2/c1-12-6-7-15(10-13(12)2)14(3)18(11-16(19)20)9-8-17(4)5/h6-7,10,14H,8-9,11H2,1-5H3,(H,19,20). The summed E-state index contributed by atoms with van der Waals surface area (Å²) < 4.78 is 0. The maximum absolute atomic E-state index is 11.1.